The molecule has 35 heavy (non-hydrogen) atoms. The summed E-state index contributed by atoms with van der Waals surface area (Å²) in [5.74, 6) is 1.63. The monoisotopic (exact) mass is 486 g/mol. The topological polar surface area (TPSA) is 69.0 Å². The lowest BCUT2D eigenvalue weighted by molar-refractivity contribution is -0.118. The Morgan fingerprint density at radius 3 is 2.23 bits per heavy atom. The first kappa shape index (κ1) is 24.5. The third kappa shape index (κ3) is 6.73. The van der Waals surface area contributed by atoms with Crippen molar-refractivity contribution in [2.75, 3.05) is 5.75 Å². The van der Waals surface area contributed by atoms with Crippen molar-refractivity contribution in [3.63, 3.8) is 0 Å². The van der Waals surface area contributed by atoms with Crippen LogP contribution in [0.25, 0.3) is 5.69 Å². The zero-order valence-corrected chi connectivity index (χ0v) is 21.1. The maximum atomic E-state index is 12.4. The minimum Gasteiger partial charge on any atom is -0.486 e. The van der Waals surface area contributed by atoms with Crippen LogP contribution in [0.4, 0.5) is 0 Å². The van der Waals surface area contributed by atoms with Crippen LogP contribution in [0.2, 0.25) is 0 Å². The lowest BCUT2D eigenvalue weighted by Gasteiger charge is -2.19. The van der Waals surface area contributed by atoms with Crippen LogP contribution in [0.15, 0.2) is 90.1 Å². The van der Waals surface area contributed by atoms with E-state index in [-0.39, 0.29) is 23.7 Å². The molecule has 0 radical (unpaired) electrons. The molecule has 0 saturated heterocycles. The van der Waals surface area contributed by atoms with E-state index in [1.165, 1.54) is 17.3 Å². The number of rotatable bonds is 9. The number of thioether (sulfide) groups is 1. The van der Waals surface area contributed by atoms with Gasteiger partial charge in [0.2, 0.25) is 5.91 Å². The first-order valence-electron chi connectivity index (χ1n) is 11.6. The SMILES string of the molecule is CC(C)(C)c1ccc(OCc2nnc(SCC(=O)NCc3ccccc3)n2-c2ccccc2)cc1. The molecule has 0 aliphatic carbocycles. The summed E-state index contributed by atoms with van der Waals surface area (Å²) in [4.78, 5) is 12.4. The van der Waals surface area contributed by atoms with Gasteiger partial charge in [-0.15, -0.1) is 10.2 Å². The van der Waals surface area contributed by atoms with Crippen molar-refractivity contribution < 1.29 is 9.53 Å². The molecule has 1 N–H and O–H groups in total. The molecule has 0 atom stereocenters. The Balaban J connectivity index is 1.43. The predicted molar refractivity (Wildman–Crippen MR) is 140 cm³/mol. The van der Waals surface area contributed by atoms with Gasteiger partial charge in [-0.05, 0) is 40.8 Å². The number of nitrogens with one attached hydrogen (secondary N) is 1. The van der Waals surface area contributed by atoms with Crippen molar-refractivity contribution in [1.29, 1.82) is 0 Å². The van der Waals surface area contributed by atoms with E-state index in [2.05, 4.69) is 48.4 Å². The highest BCUT2D eigenvalue weighted by Crippen LogP contribution is 2.26. The van der Waals surface area contributed by atoms with Gasteiger partial charge >= 0.3 is 0 Å². The lowest BCUT2D eigenvalue weighted by atomic mass is 9.87. The Morgan fingerprint density at radius 2 is 1.57 bits per heavy atom. The second kappa shape index (κ2) is 11.2. The molecule has 0 fully saturated rings. The number of hydrogen-bond donors (Lipinski definition) is 1. The Kier molecular flexibility index (Phi) is 7.87. The van der Waals surface area contributed by atoms with Crippen LogP contribution in [0.3, 0.4) is 0 Å². The van der Waals surface area contributed by atoms with Crippen LogP contribution < -0.4 is 10.1 Å². The second-order valence-electron chi connectivity index (χ2n) is 9.18. The Morgan fingerprint density at radius 1 is 0.914 bits per heavy atom. The lowest BCUT2D eigenvalue weighted by Crippen LogP contribution is -2.24. The molecular weight excluding hydrogens is 456 g/mol. The molecule has 0 unspecified atom stereocenters. The van der Waals surface area contributed by atoms with Gasteiger partial charge in [-0.25, -0.2) is 0 Å². The summed E-state index contributed by atoms with van der Waals surface area (Å²) in [6.45, 7) is 7.32. The van der Waals surface area contributed by atoms with Crippen molar-refractivity contribution in [3.8, 4) is 11.4 Å². The van der Waals surface area contributed by atoms with Crippen molar-refractivity contribution >= 4 is 17.7 Å². The van der Waals surface area contributed by atoms with Gasteiger partial charge in [-0.2, -0.15) is 0 Å². The zero-order chi connectivity index (χ0) is 24.7. The first-order chi connectivity index (χ1) is 16.9. The second-order valence-corrected chi connectivity index (χ2v) is 10.1. The van der Waals surface area contributed by atoms with Crippen molar-refractivity contribution in [2.24, 2.45) is 0 Å². The summed E-state index contributed by atoms with van der Waals surface area (Å²) in [6, 6.07) is 27.9. The fourth-order valence-electron chi connectivity index (χ4n) is 3.50. The van der Waals surface area contributed by atoms with E-state index in [0.29, 0.717) is 17.5 Å². The van der Waals surface area contributed by atoms with Crippen LogP contribution in [-0.4, -0.2) is 26.4 Å². The first-order valence-corrected chi connectivity index (χ1v) is 12.6. The molecule has 0 spiro atoms. The fraction of sp³-hybridized carbons (Fsp3) is 0.250. The highest BCUT2D eigenvalue weighted by atomic mass is 32.2. The summed E-state index contributed by atoms with van der Waals surface area (Å²) < 4.78 is 7.98. The van der Waals surface area contributed by atoms with Crippen molar-refractivity contribution in [2.45, 2.75) is 44.5 Å². The van der Waals surface area contributed by atoms with E-state index >= 15 is 0 Å². The normalized spacial score (nSPS) is 11.3. The molecule has 0 aliphatic heterocycles. The minimum atomic E-state index is -0.0572. The van der Waals surface area contributed by atoms with Gasteiger partial charge in [-0.1, -0.05) is 93.2 Å². The quantitative estimate of drug-likeness (QED) is 0.314. The average molecular weight is 487 g/mol. The van der Waals surface area contributed by atoms with E-state index in [1.807, 2.05) is 77.4 Å². The largest absolute Gasteiger partial charge is 0.486 e. The summed E-state index contributed by atoms with van der Waals surface area (Å²) in [5.41, 5.74) is 3.33. The van der Waals surface area contributed by atoms with Gasteiger partial charge in [0.05, 0.1) is 5.75 Å². The van der Waals surface area contributed by atoms with E-state index in [4.69, 9.17) is 4.74 Å². The molecular formula is C28H30N4O2S. The van der Waals surface area contributed by atoms with E-state index in [0.717, 1.165) is 17.0 Å². The van der Waals surface area contributed by atoms with Crippen LogP contribution in [0.1, 0.15) is 37.7 Å². The number of carbonyl (C=O) groups excluding carboxylic acids is 1. The number of carbonyl (C=O) groups is 1. The summed E-state index contributed by atoms with van der Waals surface area (Å²) in [5, 5.41) is 12.3. The number of nitrogens with zero attached hydrogens (tertiary/aromatic N) is 3. The third-order valence-electron chi connectivity index (χ3n) is 5.47. The van der Waals surface area contributed by atoms with Gasteiger partial charge in [0, 0.05) is 12.2 Å². The van der Waals surface area contributed by atoms with Crippen molar-refractivity contribution in [3.05, 3.63) is 102 Å². The average Bonchev–Trinajstić information content (AvgIpc) is 3.28. The molecule has 0 saturated carbocycles. The molecule has 0 aliphatic rings. The van der Waals surface area contributed by atoms with E-state index in [9.17, 15) is 4.79 Å². The van der Waals surface area contributed by atoms with Gasteiger partial charge in [0.15, 0.2) is 11.0 Å². The van der Waals surface area contributed by atoms with Crippen LogP contribution >= 0.6 is 11.8 Å². The number of hydrogen-bond acceptors (Lipinski definition) is 5. The number of ether oxygens (including phenoxy) is 1. The molecule has 7 heteroatoms. The van der Waals surface area contributed by atoms with E-state index < -0.39 is 0 Å². The molecule has 4 aromatic rings. The predicted octanol–water partition coefficient (Wildman–Crippen LogP) is 5.55. The number of amides is 1. The minimum absolute atomic E-state index is 0.0572. The summed E-state index contributed by atoms with van der Waals surface area (Å²) in [7, 11) is 0. The highest BCUT2D eigenvalue weighted by molar-refractivity contribution is 7.99. The molecule has 0 bridgehead atoms. The van der Waals surface area contributed by atoms with Crippen LogP contribution in [-0.2, 0) is 23.4 Å². The Labute approximate surface area is 210 Å². The fourth-order valence-corrected chi connectivity index (χ4v) is 4.30. The third-order valence-corrected chi connectivity index (χ3v) is 6.40. The molecule has 1 amide bonds. The summed E-state index contributed by atoms with van der Waals surface area (Å²) >= 11 is 1.35. The van der Waals surface area contributed by atoms with Crippen LogP contribution in [0.5, 0.6) is 5.75 Å². The molecule has 180 valence electrons. The molecule has 6 nitrogen and oxygen atoms in total. The highest BCUT2D eigenvalue weighted by Gasteiger charge is 2.17. The van der Waals surface area contributed by atoms with Crippen LogP contribution in [0, 0.1) is 0 Å². The number of para-hydroxylation sites is 1. The Hall–Kier alpha value is -3.58. The maximum absolute atomic E-state index is 12.4. The van der Waals surface area contributed by atoms with Gasteiger partial charge < -0.3 is 10.1 Å². The zero-order valence-electron chi connectivity index (χ0n) is 20.3. The van der Waals surface area contributed by atoms with Gasteiger partial charge in [-0.3, -0.25) is 9.36 Å². The Bertz CT molecular complexity index is 1230. The number of benzene rings is 3. The smallest absolute Gasteiger partial charge is 0.230 e. The number of aromatic nitrogens is 3. The molecule has 1 heterocycles. The maximum Gasteiger partial charge on any atom is 0.230 e. The van der Waals surface area contributed by atoms with Gasteiger partial charge in [0.25, 0.3) is 0 Å². The summed E-state index contributed by atoms with van der Waals surface area (Å²) in [6.07, 6.45) is 0. The molecule has 3 aromatic carbocycles. The van der Waals surface area contributed by atoms with E-state index in [1.54, 1.807) is 0 Å². The van der Waals surface area contributed by atoms with Crippen molar-refractivity contribution in [1.82, 2.24) is 20.1 Å². The standard InChI is InChI=1S/C28H30N4O2S/c1-28(2,3)22-14-16-24(17-15-22)34-19-25-30-31-27(32(25)23-12-8-5-9-13-23)35-20-26(33)29-18-21-10-6-4-7-11-21/h4-17H,18-20H2,1-3H3,(H,29,33). The molecule has 4 rings (SSSR count). The van der Waals surface area contributed by atoms with Gasteiger partial charge in [0.1, 0.15) is 12.4 Å². The molecule has 1 aromatic heterocycles.